The molecule has 0 spiro atoms. The highest BCUT2D eigenvalue weighted by Crippen LogP contribution is 2.31. The lowest BCUT2D eigenvalue weighted by molar-refractivity contribution is -0.137. The van der Waals surface area contributed by atoms with Gasteiger partial charge in [0.05, 0.1) is 16.8 Å². The van der Waals surface area contributed by atoms with Crippen molar-refractivity contribution >= 4 is 23.0 Å². The zero-order valence-corrected chi connectivity index (χ0v) is 14.9. The van der Waals surface area contributed by atoms with Gasteiger partial charge in [-0.25, -0.2) is 9.78 Å². The number of esters is 1. The molecular formula is C18H11F3N4O2S. The summed E-state index contributed by atoms with van der Waals surface area (Å²) in [5.41, 5.74) is 1.31. The van der Waals surface area contributed by atoms with Gasteiger partial charge in [-0.3, -0.25) is 4.40 Å². The van der Waals surface area contributed by atoms with E-state index in [-0.39, 0.29) is 6.61 Å². The summed E-state index contributed by atoms with van der Waals surface area (Å²) in [5.74, 6) is -0.528. The molecule has 0 atom stereocenters. The molecule has 0 aliphatic carbocycles. The lowest BCUT2D eigenvalue weighted by Gasteiger charge is -2.06. The van der Waals surface area contributed by atoms with E-state index in [2.05, 4.69) is 15.2 Å². The molecule has 0 saturated heterocycles. The molecular weight excluding hydrogens is 393 g/mol. The molecule has 10 heteroatoms. The highest BCUT2D eigenvalue weighted by Gasteiger charge is 2.30. The Morgan fingerprint density at radius 1 is 1.14 bits per heavy atom. The Balaban J connectivity index is 1.42. The first-order valence-electron chi connectivity index (χ1n) is 7.99. The minimum absolute atomic E-state index is 0.0455. The van der Waals surface area contributed by atoms with Gasteiger partial charge in [-0.2, -0.15) is 13.2 Å². The monoisotopic (exact) mass is 404 g/mol. The summed E-state index contributed by atoms with van der Waals surface area (Å²) in [6.07, 6.45) is -1.34. The third-order valence-electron chi connectivity index (χ3n) is 3.89. The zero-order valence-electron chi connectivity index (χ0n) is 14.1. The summed E-state index contributed by atoms with van der Waals surface area (Å²) >= 11 is 1.26. The predicted molar refractivity (Wildman–Crippen MR) is 94.7 cm³/mol. The number of aromatic nitrogens is 4. The van der Waals surface area contributed by atoms with Crippen molar-refractivity contribution in [3.05, 3.63) is 71.1 Å². The van der Waals surface area contributed by atoms with Gasteiger partial charge < -0.3 is 4.74 Å². The zero-order chi connectivity index (χ0) is 19.7. The molecule has 4 rings (SSSR count). The average molecular weight is 404 g/mol. The Labute approximate surface area is 160 Å². The van der Waals surface area contributed by atoms with Gasteiger partial charge in [0.25, 0.3) is 0 Å². The molecule has 0 N–H and O–H groups in total. The average Bonchev–Trinajstić information content (AvgIpc) is 3.34. The highest BCUT2D eigenvalue weighted by atomic mass is 32.1. The summed E-state index contributed by atoms with van der Waals surface area (Å²) in [7, 11) is 0. The number of carbonyl (C=O) groups is 1. The largest absolute Gasteiger partial charge is 0.456 e. The summed E-state index contributed by atoms with van der Waals surface area (Å²) in [6, 6.07) is 7.99. The maximum Gasteiger partial charge on any atom is 0.416 e. The molecule has 3 heterocycles. The molecule has 1 aromatic carbocycles. The van der Waals surface area contributed by atoms with Gasteiger partial charge in [0.1, 0.15) is 17.9 Å². The quantitative estimate of drug-likeness (QED) is 0.476. The standard InChI is InChI=1S/C18H11F3N4O2S/c19-18(20,21)13-4-1-11(2-5-13)16-23-14(9-28-16)8-27-17(26)12-3-6-15-24-22-10-25(15)7-12/h1-7,9-10H,8H2. The van der Waals surface area contributed by atoms with Crippen molar-refractivity contribution in [1.29, 1.82) is 0 Å². The van der Waals surface area contributed by atoms with Crippen LogP contribution >= 0.6 is 11.3 Å². The second-order valence-electron chi connectivity index (χ2n) is 5.81. The molecule has 142 valence electrons. The molecule has 0 amide bonds. The SMILES string of the molecule is O=C(OCc1csc(-c2ccc(C(F)(F)F)cc2)n1)c1ccc2nncn2c1. The Morgan fingerprint density at radius 3 is 2.68 bits per heavy atom. The fraction of sp³-hybridized carbons (Fsp3) is 0.111. The van der Waals surface area contributed by atoms with E-state index in [4.69, 9.17) is 4.74 Å². The van der Waals surface area contributed by atoms with Gasteiger partial charge in [-0.15, -0.1) is 21.5 Å². The van der Waals surface area contributed by atoms with Crippen molar-refractivity contribution in [2.75, 3.05) is 0 Å². The predicted octanol–water partition coefficient (Wildman–Crippen LogP) is 4.23. The Bertz CT molecular complexity index is 1140. The van der Waals surface area contributed by atoms with Gasteiger partial charge in [-0.1, -0.05) is 12.1 Å². The summed E-state index contributed by atoms with van der Waals surface area (Å²) in [4.78, 5) is 16.5. The van der Waals surface area contributed by atoms with E-state index < -0.39 is 17.7 Å². The molecule has 0 radical (unpaired) electrons. The number of carbonyl (C=O) groups excluding carboxylic acids is 1. The van der Waals surface area contributed by atoms with Crippen LogP contribution < -0.4 is 0 Å². The van der Waals surface area contributed by atoms with Gasteiger partial charge in [0.2, 0.25) is 0 Å². The lowest BCUT2D eigenvalue weighted by Crippen LogP contribution is -2.06. The van der Waals surface area contributed by atoms with Crippen LogP contribution in [0.15, 0.2) is 54.3 Å². The second kappa shape index (κ2) is 7.04. The Hall–Kier alpha value is -3.27. The highest BCUT2D eigenvalue weighted by molar-refractivity contribution is 7.13. The van der Waals surface area contributed by atoms with Crippen molar-refractivity contribution in [2.24, 2.45) is 0 Å². The van der Waals surface area contributed by atoms with E-state index in [1.54, 1.807) is 28.1 Å². The number of thiazole rings is 1. The second-order valence-corrected chi connectivity index (χ2v) is 6.67. The number of hydrogen-bond donors (Lipinski definition) is 0. The normalized spacial score (nSPS) is 11.7. The van der Waals surface area contributed by atoms with E-state index in [1.807, 2.05) is 0 Å². The topological polar surface area (TPSA) is 69.4 Å². The van der Waals surface area contributed by atoms with Crippen molar-refractivity contribution < 1.29 is 22.7 Å². The van der Waals surface area contributed by atoms with E-state index >= 15 is 0 Å². The smallest absolute Gasteiger partial charge is 0.416 e. The summed E-state index contributed by atoms with van der Waals surface area (Å²) in [5, 5.41) is 9.83. The number of nitrogens with zero attached hydrogens (tertiary/aromatic N) is 4. The van der Waals surface area contributed by atoms with Gasteiger partial charge >= 0.3 is 12.1 Å². The lowest BCUT2D eigenvalue weighted by atomic mass is 10.1. The molecule has 0 aliphatic rings. The molecule has 28 heavy (non-hydrogen) atoms. The van der Waals surface area contributed by atoms with Crippen LogP contribution in [0.5, 0.6) is 0 Å². The van der Waals surface area contributed by atoms with E-state index in [0.717, 1.165) is 12.1 Å². The van der Waals surface area contributed by atoms with E-state index in [9.17, 15) is 18.0 Å². The first-order chi connectivity index (χ1) is 13.4. The number of halogens is 3. The maximum absolute atomic E-state index is 12.6. The molecule has 0 saturated carbocycles. The van der Waals surface area contributed by atoms with Crippen LogP contribution in [0.1, 0.15) is 21.6 Å². The minimum atomic E-state index is -4.38. The van der Waals surface area contributed by atoms with Crippen molar-refractivity contribution in [3.8, 4) is 10.6 Å². The van der Waals surface area contributed by atoms with Gasteiger partial charge in [-0.05, 0) is 24.3 Å². The molecule has 0 aliphatic heterocycles. The van der Waals surface area contributed by atoms with Crippen molar-refractivity contribution in [3.63, 3.8) is 0 Å². The number of alkyl halides is 3. The Kier molecular flexibility index (Phi) is 4.55. The first-order valence-corrected chi connectivity index (χ1v) is 8.87. The van der Waals surface area contributed by atoms with E-state index in [1.165, 1.54) is 29.8 Å². The minimum Gasteiger partial charge on any atom is -0.456 e. The fourth-order valence-corrected chi connectivity index (χ4v) is 3.29. The molecule has 0 unspecified atom stereocenters. The number of ether oxygens (including phenoxy) is 1. The van der Waals surface area contributed by atoms with Crippen LogP contribution in [0, 0.1) is 0 Å². The number of pyridine rings is 1. The van der Waals surface area contributed by atoms with Crippen LogP contribution in [-0.2, 0) is 17.5 Å². The van der Waals surface area contributed by atoms with Crippen LogP contribution in [0.4, 0.5) is 13.2 Å². The maximum atomic E-state index is 12.6. The molecule has 0 bridgehead atoms. The third-order valence-corrected chi connectivity index (χ3v) is 4.83. The number of rotatable bonds is 4. The van der Waals surface area contributed by atoms with Gasteiger partial charge in [0, 0.05) is 17.1 Å². The van der Waals surface area contributed by atoms with Crippen molar-refractivity contribution in [1.82, 2.24) is 19.6 Å². The fourth-order valence-electron chi connectivity index (χ4n) is 2.48. The van der Waals surface area contributed by atoms with Gasteiger partial charge in [0.15, 0.2) is 5.65 Å². The molecule has 3 aromatic heterocycles. The van der Waals surface area contributed by atoms with Crippen LogP contribution in [-0.4, -0.2) is 25.6 Å². The molecule has 0 fully saturated rings. The number of hydrogen-bond acceptors (Lipinski definition) is 6. The number of fused-ring (bicyclic) bond motifs is 1. The summed E-state index contributed by atoms with van der Waals surface area (Å²) < 4.78 is 44.8. The van der Waals surface area contributed by atoms with E-state index in [0.29, 0.717) is 27.5 Å². The molecule has 4 aromatic rings. The first kappa shape index (κ1) is 18.1. The Morgan fingerprint density at radius 2 is 1.93 bits per heavy atom. The van der Waals surface area contributed by atoms with Crippen LogP contribution in [0.3, 0.4) is 0 Å². The van der Waals surface area contributed by atoms with Crippen LogP contribution in [0.25, 0.3) is 16.2 Å². The third kappa shape index (κ3) is 3.72. The summed E-state index contributed by atoms with van der Waals surface area (Å²) in [6.45, 7) is -0.0455. The molecule has 6 nitrogen and oxygen atoms in total. The number of benzene rings is 1. The van der Waals surface area contributed by atoms with Crippen molar-refractivity contribution in [2.45, 2.75) is 12.8 Å². The van der Waals surface area contributed by atoms with Crippen LogP contribution in [0.2, 0.25) is 0 Å².